The Morgan fingerprint density at radius 1 is 0.980 bits per heavy atom. The molecule has 4 aliphatic rings. The second-order valence-corrected chi connectivity index (χ2v) is 15.0. The van der Waals surface area contributed by atoms with Crippen LogP contribution < -0.4 is 24.6 Å². The molecular weight excluding hydrogens is 699 g/mol. The number of carbonyl (C=O) groups excluding carboxylic acids is 3. The highest BCUT2D eigenvalue weighted by molar-refractivity contribution is 8.00. The zero-order chi connectivity index (χ0) is 35.1. The lowest BCUT2D eigenvalue weighted by atomic mass is 9.68. The lowest BCUT2D eigenvalue weighted by molar-refractivity contribution is -0.137. The Hall–Kier alpha value is -4.63. The van der Waals surface area contributed by atoms with Crippen molar-refractivity contribution in [2.45, 2.75) is 28.8 Å². The minimum absolute atomic E-state index is 0.0295. The number of methoxy groups -OCH3 is 1. The number of anilines is 2. The number of thiazole rings is 1. The summed E-state index contributed by atoms with van der Waals surface area (Å²) >= 11 is 2.65. The van der Waals surface area contributed by atoms with E-state index in [9.17, 15) is 36.7 Å². The third-order valence-corrected chi connectivity index (χ3v) is 12.8. The highest BCUT2D eigenvalue weighted by Gasteiger charge is 2.69. The molecule has 3 amide bonds. The minimum Gasteiger partial charge on any atom is -0.493 e. The smallest absolute Gasteiger partial charge is 0.416 e. The Bertz CT molecular complexity index is 2100. The minimum atomic E-state index is -4.56. The molecule has 8 rings (SSSR count). The number of hydrogen-bond acceptors (Lipinski definition) is 8. The van der Waals surface area contributed by atoms with Gasteiger partial charge in [0.1, 0.15) is 5.82 Å². The van der Waals surface area contributed by atoms with Gasteiger partial charge in [0.25, 0.3) is 5.91 Å². The number of thioether (sulfide) groups is 1. The van der Waals surface area contributed by atoms with Crippen LogP contribution in [0.5, 0.6) is 11.5 Å². The SMILES string of the molecule is COc1cc([C@H]2c3sc(=O)[nH]c3SC3C4CC(C5C(=O)N(c6ccc(F)cc6)C(=O)C45)C32)ccc1OCC(=O)Nc1cccc(C(F)(F)F)c1. The second kappa shape index (κ2) is 12.0. The molecule has 2 N–H and O–H groups in total. The first-order valence-corrected chi connectivity index (χ1v) is 17.4. The van der Waals surface area contributed by atoms with Gasteiger partial charge in [0.2, 0.25) is 11.8 Å². The van der Waals surface area contributed by atoms with Gasteiger partial charge in [-0.15, -0.1) is 11.8 Å². The van der Waals surface area contributed by atoms with Crippen molar-refractivity contribution in [3.05, 3.63) is 98.2 Å². The number of hydrogen-bond donors (Lipinski definition) is 2. The molecule has 3 aromatic carbocycles. The van der Waals surface area contributed by atoms with Gasteiger partial charge in [-0.1, -0.05) is 23.5 Å². The monoisotopic (exact) mass is 725 g/mol. The fourth-order valence-corrected chi connectivity index (χ4v) is 11.2. The molecule has 0 spiro atoms. The van der Waals surface area contributed by atoms with Gasteiger partial charge in [-0.3, -0.25) is 24.1 Å². The van der Waals surface area contributed by atoms with Crippen LogP contribution in [0.15, 0.2) is 76.6 Å². The van der Waals surface area contributed by atoms with Gasteiger partial charge in [-0.25, -0.2) is 4.39 Å². The number of imide groups is 1. The topological polar surface area (TPSA) is 118 Å². The Labute approximate surface area is 290 Å². The summed E-state index contributed by atoms with van der Waals surface area (Å²) < 4.78 is 64.3. The van der Waals surface area contributed by atoms with E-state index in [4.69, 9.17) is 9.47 Å². The number of rotatable bonds is 7. The van der Waals surface area contributed by atoms with Crippen molar-refractivity contribution in [3.8, 4) is 11.5 Å². The molecule has 2 aliphatic carbocycles. The largest absolute Gasteiger partial charge is 0.493 e. The molecule has 4 aromatic rings. The van der Waals surface area contributed by atoms with E-state index >= 15 is 0 Å². The fourth-order valence-electron chi connectivity index (χ4n) is 8.35. The Balaban J connectivity index is 1.06. The number of alkyl halides is 3. The Morgan fingerprint density at radius 3 is 2.44 bits per heavy atom. The van der Waals surface area contributed by atoms with E-state index in [1.54, 1.807) is 23.9 Å². The quantitative estimate of drug-likeness (QED) is 0.170. The molecule has 1 saturated heterocycles. The zero-order valence-electron chi connectivity index (χ0n) is 26.0. The average molecular weight is 726 g/mol. The van der Waals surface area contributed by atoms with Gasteiger partial charge in [-0.2, -0.15) is 13.2 Å². The van der Waals surface area contributed by atoms with E-state index in [2.05, 4.69) is 10.3 Å². The molecule has 258 valence electrons. The Morgan fingerprint density at radius 2 is 1.72 bits per heavy atom. The molecule has 7 atom stereocenters. The van der Waals surface area contributed by atoms with E-state index in [0.717, 1.165) is 38.9 Å². The molecule has 0 radical (unpaired) electrons. The number of nitrogens with zero attached hydrogens (tertiary/aromatic N) is 1. The molecule has 1 aromatic heterocycles. The van der Waals surface area contributed by atoms with E-state index in [0.29, 0.717) is 17.9 Å². The van der Waals surface area contributed by atoms with Crippen molar-refractivity contribution in [2.75, 3.05) is 23.9 Å². The number of ether oxygens (including phenoxy) is 2. The molecule has 9 nitrogen and oxygen atoms in total. The van der Waals surface area contributed by atoms with Crippen LogP contribution in [0.4, 0.5) is 28.9 Å². The summed E-state index contributed by atoms with van der Waals surface area (Å²) in [6.45, 7) is -0.506. The molecule has 2 bridgehead atoms. The maximum atomic E-state index is 13.9. The van der Waals surface area contributed by atoms with Crippen LogP contribution >= 0.6 is 23.1 Å². The summed E-state index contributed by atoms with van der Waals surface area (Å²) in [6, 6.07) is 14.8. The number of halogens is 4. The normalized spacial score (nSPS) is 26.4. The summed E-state index contributed by atoms with van der Waals surface area (Å²) in [5.74, 6) is -2.92. The van der Waals surface area contributed by atoms with Crippen molar-refractivity contribution in [3.63, 3.8) is 0 Å². The van der Waals surface area contributed by atoms with Crippen LogP contribution in [-0.2, 0) is 20.6 Å². The number of carbonyl (C=O) groups is 3. The van der Waals surface area contributed by atoms with Crippen LogP contribution in [0.2, 0.25) is 0 Å². The summed E-state index contributed by atoms with van der Waals surface area (Å²) in [5, 5.41) is 3.08. The van der Waals surface area contributed by atoms with Gasteiger partial charge in [0.05, 0.1) is 35.2 Å². The molecular formula is C35H27F4N3O6S2. The lowest BCUT2D eigenvalue weighted by Gasteiger charge is -2.43. The fraction of sp³-hybridized carbons (Fsp3) is 0.314. The predicted molar refractivity (Wildman–Crippen MR) is 176 cm³/mol. The maximum absolute atomic E-state index is 13.9. The van der Waals surface area contributed by atoms with Gasteiger partial charge >= 0.3 is 11.0 Å². The van der Waals surface area contributed by atoms with E-state index in [1.165, 1.54) is 48.4 Å². The van der Waals surface area contributed by atoms with Crippen LogP contribution in [0.3, 0.4) is 0 Å². The number of nitrogens with one attached hydrogen (secondary N) is 2. The summed E-state index contributed by atoms with van der Waals surface area (Å²) in [5.41, 5.74) is 0.214. The molecule has 6 unspecified atom stereocenters. The number of aromatic amines is 1. The van der Waals surface area contributed by atoms with Crippen molar-refractivity contribution < 1.29 is 41.4 Å². The highest BCUT2D eigenvalue weighted by atomic mass is 32.2. The van der Waals surface area contributed by atoms with Crippen molar-refractivity contribution in [2.24, 2.45) is 29.6 Å². The van der Waals surface area contributed by atoms with E-state index in [1.807, 2.05) is 6.07 Å². The maximum Gasteiger partial charge on any atom is 0.416 e. The number of amides is 3. The van der Waals surface area contributed by atoms with Gasteiger partial charge in [0.15, 0.2) is 18.1 Å². The van der Waals surface area contributed by atoms with Gasteiger partial charge in [0, 0.05) is 21.7 Å². The summed E-state index contributed by atoms with van der Waals surface area (Å²) in [6.07, 6.45) is -3.88. The Kier molecular flexibility index (Phi) is 7.82. The molecule has 3 fully saturated rings. The third kappa shape index (κ3) is 5.29. The number of benzene rings is 3. The number of H-pyrrole nitrogens is 1. The summed E-state index contributed by atoms with van der Waals surface area (Å²) in [4.78, 5) is 57.7. The number of fused-ring (bicyclic) bond motifs is 9. The molecule has 3 heterocycles. The van der Waals surface area contributed by atoms with Gasteiger partial charge < -0.3 is 19.8 Å². The van der Waals surface area contributed by atoms with Gasteiger partial charge in [-0.05, 0) is 84.3 Å². The first-order valence-electron chi connectivity index (χ1n) is 15.7. The lowest BCUT2D eigenvalue weighted by Crippen LogP contribution is -2.42. The summed E-state index contributed by atoms with van der Waals surface area (Å²) in [7, 11) is 1.43. The van der Waals surface area contributed by atoms with Crippen LogP contribution in [-0.4, -0.2) is 41.7 Å². The third-order valence-electron chi connectivity index (χ3n) is 10.2. The van der Waals surface area contributed by atoms with E-state index < -0.39 is 41.9 Å². The first kappa shape index (κ1) is 32.6. The van der Waals surface area contributed by atoms with Crippen LogP contribution in [0, 0.1) is 35.4 Å². The average Bonchev–Trinajstić information content (AvgIpc) is 3.82. The first-order chi connectivity index (χ1) is 23.9. The molecule has 2 aliphatic heterocycles. The zero-order valence-corrected chi connectivity index (χ0v) is 27.7. The standard InChI is InChI=1S/C35H27F4N3O6S2/c1-47-23-11-15(5-10-22(23)48-14-24(43)40-18-4-2-3-16(12-18)35(37,38)39)25-26-20-13-21(29(26)49-31-30(25)50-34(46)41-31)28-27(20)32(44)42(33(28)45)19-8-6-17(36)7-9-19/h2-12,20-21,25-29H,13-14H2,1H3,(H,40,43)(H,41,46)/t20?,21?,25-,26?,27?,28?,29?/m1/s1. The molecule has 15 heteroatoms. The van der Waals surface area contributed by atoms with Crippen LogP contribution in [0.25, 0.3) is 0 Å². The predicted octanol–water partition coefficient (Wildman–Crippen LogP) is 6.30. The molecule has 2 saturated carbocycles. The number of aromatic nitrogens is 1. The van der Waals surface area contributed by atoms with Crippen molar-refractivity contribution in [1.82, 2.24) is 4.98 Å². The second-order valence-electron chi connectivity index (χ2n) is 12.8. The van der Waals surface area contributed by atoms with Crippen molar-refractivity contribution in [1.29, 1.82) is 0 Å². The van der Waals surface area contributed by atoms with Crippen LogP contribution in [0.1, 0.15) is 28.3 Å². The van der Waals surface area contributed by atoms with Crippen molar-refractivity contribution >= 4 is 52.2 Å². The molecule has 50 heavy (non-hydrogen) atoms. The van der Waals surface area contributed by atoms with E-state index in [-0.39, 0.29) is 57.0 Å². The highest BCUT2D eigenvalue weighted by Crippen LogP contribution is 2.68.